The first kappa shape index (κ1) is 12.1. The van der Waals surface area contributed by atoms with Crippen molar-refractivity contribution < 1.29 is 0 Å². The third kappa shape index (κ3) is 2.35. The van der Waals surface area contributed by atoms with Crippen LogP contribution in [0.1, 0.15) is 26.2 Å². The zero-order valence-electron chi connectivity index (χ0n) is 9.97. The minimum absolute atomic E-state index is 0.0668. The van der Waals surface area contributed by atoms with Gasteiger partial charge < -0.3 is 0 Å². The van der Waals surface area contributed by atoms with Crippen molar-refractivity contribution in [3.63, 3.8) is 0 Å². The number of fused-ring (bicyclic) bond motifs is 1. The minimum Gasteiger partial charge on any atom is -0.245 e. The molecule has 2 rings (SSSR count). The van der Waals surface area contributed by atoms with Crippen LogP contribution in [0.25, 0.3) is 0 Å². The summed E-state index contributed by atoms with van der Waals surface area (Å²) in [5, 5.41) is 11.7. The number of thioether (sulfide) groups is 1. The highest BCUT2D eigenvalue weighted by atomic mass is 32.2. The number of nitrogens with zero attached hydrogens (tertiary/aromatic N) is 4. The van der Waals surface area contributed by atoms with Crippen molar-refractivity contribution >= 4 is 22.8 Å². The molecule has 1 unspecified atom stereocenters. The van der Waals surface area contributed by atoms with Crippen LogP contribution in [0.15, 0.2) is 21.8 Å². The van der Waals surface area contributed by atoms with Crippen LogP contribution in [0, 0.1) is 11.3 Å². The van der Waals surface area contributed by atoms with Crippen molar-refractivity contribution in [1.29, 1.82) is 5.26 Å². The van der Waals surface area contributed by atoms with Crippen molar-refractivity contribution in [1.82, 2.24) is 10.4 Å². The maximum atomic E-state index is 9.03. The standard InChI is InChI=1S/C11H15N5S/c1-3-4-5-9-14-10-8(6-12)7-13-11(17-2)16(10)15-9/h7,9,15H,3-5H2,1-2H3. The summed E-state index contributed by atoms with van der Waals surface area (Å²) in [6.45, 7) is 2.16. The fourth-order valence-electron chi connectivity index (χ4n) is 1.76. The van der Waals surface area contributed by atoms with Gasteiger partial charge in [-0.05, 0) is 12.7 Å². The average Bonchev–Trinajstić information content (AvgIpc) is 2.78. The van der Waals surface area contributed by atoms with Crippen LogP contribution in [-0.2, 0) is 0 Å². The van der Waals surface area contributed by atoms with E-state index in [-0.39, 0.29) is 6.17 Å². The van der Waals surface area contributed by atoms with Gasteiger partial charge in [0.2, 0.25) is 0 Å². The second kappa shape index (κ2) is 5.34. The normalized spacial score (nSPS) is 22.5. The molecule has 0 spiro atoms. The molecule has 0 saturated heterocycles. The number of nitriles is 1. The molecule has 0 saturated carbocycles. The lowest BCUT2D eigenvalue weighted by molar-refractivity contribution is 0.391. The molecule has 90 valence electrons. The highest BCUT2D eigenvalue weighted by Crippen LogP contribution is 2.21. The van der Waals surface area contributed by atoms with Gasteiger partial charge in [0.1, 0.15) is 17.8 Å². The molecule has 5 nitrogen and oxygen atoms in total. The summed E-state index contributed by atoms with van der Waals surface area (Å²) < 4.78 is 0. The Hall–Kier alpha value is -1.32. The van der Waals surface area contributed by atoms with Crippen molar-refractivity contribution in [3.05, 3.63) is 11.8 Å². The highest BCUT2D eigenvalue weighted by molar-refractivity contribution is 8.13. The largest absolute Gasteiger partial charge is 0.245 e. The molecule has 0 bridgehead atoms. The van der Waals surface area contributed by atoms with E-state index in [0.717, 1.165) is 24.4 Å². The highest BCUT2D eigenvalue weighted by Gasteiger charge is 2.32. The molecule has 6 heteroatoms. The summed E-state index contributed by atoms with van der Waals surface area (Å²) in [5.41, 5.74) is 3.80. The van der Waals surface area contributed by atoms with Gasteiger partial charge in [-0.15, -0.1) is 0 Å². The van der Waals surface area contributed by atoms with E-state index in [0.29, 0.717) is 11.4 Å². The second-order valence-corrected chi connectivity index (χ2v) is 4.62. The Bertz CT molecular complexity index is 432. The Balaban J connectivity index is 2.19. The van der Waals surface area contributed by atoms with Crippen LogP contribution >= 0.6 is 11.8 Å². The predicted molar refractivity (Wildman–Crippen MR) is 70.4 cm³/mol. The number of hydrogen-bond donors (Lipinski definition) is 1. The van der Waals surface area contributed by atoms with Gasteiger partial charge in [0, 0.05) is 0 Å². The van der Waals surface area contributed by atoms with E-state index in [9.17, 15) is 0 Å². The number of nitrogens with one attached hydrogen (secondary N) is 1. The molecule has 0 fully saturated rings. The molecule has 0 aromatic carbocycles. The fraction of sp³-hybridized carbons (Fsp3) is 0.545. The number of amidine groups is 2. The molecular weight excluding hydrogens is 234 g/mol. The Morgan fingerprint density at radius 2 is 2.47 bits per heavy atom. The number of rotatable bonds is 3. The van der Waals surface area contributed by atoms with Crippen LogP contribution < -0.4 is 5.43 Å². The van der Waals surface area contributed by atoms with Gasteiger partial charge in [0.25, 0.3) is 0 Å². The zero-order valence-corrected chi connectivity index (χ0v) is 10.8. The molecular formula is C11H15N5S. The summed E-state index contributed by atoms with van der Waals surface area (Å²) in [7, 11) is 0. The predicted octanol–water partition coefficient (Wildman–Crippen LogP) is 1.86. The Morgan fingerprint density at radius 1 is 1.65 bits per heavy atom. The van der Waals surface area contributed by atoms with Crippen LogP contribution in [0.2, 0.25) is 0 Å². The van der Waals surface area contributed by atoms with E-state index in [1.165, 1.54) is 11.8 Å². The summed E-state index contributed by atoms with van der Waals surface area (Å²) >= 11 is 1.54. The number of hydrazine groups is 1. The summed E-state index contributed by atoms with van der Waals surface area (Å²) in [6.07, 6.45) is 6.87. The van der Waals surface area contributed by atoms with Crippen LogP contribution in [-0.4, -0.2) is 28.4 Å². The maximum absolute atomic E-state index is 9.03. The molecule has 1 N–H and O–H groups in total. The van der Waals surface area contributed by atoms with Gasteiger partial charge in [0.05, 0.1) is 6.20 Å². The monoisotopic (exact) mass is 249 g/mol. The van der Waals surface area contributed by atoms with Gasteiger partial charge in [0.15, 0.2) is 11.0 Å². The topological polar surface area (TPSA) is 63.8 Å². The lowest BCUT2D eigenvalue weighted by atomic mass is 10.2. The smallest absolute Gasteiger partial charge is 0.184 e. The number of aliphatic imine (C=N–C) groups is 2. The maximum Gasteiger partial charge on any atom is 0.184 e. The average molecular weight is 249 g/mol. The molecule has 17 heavy (non-hydrogen) atoms. The van der Waals surface area contributed by atoms with E-state index < -0.39 is 0 Å². The van der Waals surface area contributed by atoms with Crippen molar-refractivity contribution in [2.75, 3.05) is 6.26 Å². The van der Waals surface area contributed by atoms with Gasteiger partial charge in [-0.2, -0.15) is 5.26 Å². The zero-order chi connectivity index (χ0) is 12.3. The second-order valence-electron chi connectivity index (χ2n) is 3.85. The quantitative estimate of drug-likeness (QED) is 0.829. The van der Waals surface area contributed by atoms with Crippen LogP contribution in [0.5, 0.6) is 0 Å². The molecule has 1 atom stereocenters. The van der Waals surface area contributed by atoms with Crippen molar-refractivity contribution in [2.24, 2.45) is 9.98 Å². The summed E-state index contributed by atoms with van der Waals surface area (Å²) in [5.74, 6) is 0.702. The van der Waals surface area contributed by atoms with E-state index >= 15 is 0 Å². The van der Waals surface area contributed by atoms with E-state index in [4.69, 9.17) is 5.26 Å². The molecule has 0 radical (unpaired) electrons. The van der Waals surface area contributed by atoms with E-state index in [1.54, 1.807) is 6.20 Å². The minimum atomic E-state index is 0.0668. The third-order valence-electron chi connectivity index (χ3n) is 2.64. The van der Waals surface area contributed by atoms with E-state index in [1.807, 2.05) is 11.3 Å². The summed E-state index contributed by atoms with van der Waals surface area (Å²) in [4.78, 5) is 8.78. The van der Waals surface area contributed by atoms with Crippen molar-refractivity contribution in [3.8, 4) is 6.07 Å². The Morgan fingerprint density at radius 3 is 3.12 bits per heavy atom. The molecule has 0 aromatic heterocycles. The van der Waals surface area contributed by atoms with Crippen molar-refractivity contribution in [2.45, 2.75) is 32.4 Å². The first-order valence-electron chi connectivity index (χ1n) is 5.66. The fourth-order valence-corrected chi connectivity index (χ4v) is 2.24. The van der Waals surface area contributed by atoms with Crippen LogP contribution in [0.3, 0.4) is 0 Å². The molecule has 0 aliphatic carbocycles. The van der Waals surface area contributed by atoms with Gasteiger partial charge in [-0.1, -0.05) is 31.5 Å². The Kier molecular flexibility index (Phi) is 3.82. The van der Waals surface area contributed by atoms with Crippen LogP contribution in [0.4, 0.5) is 0 Å². The Labute approximate surface area is 105 Å². The first-order chi connectivity index (χ1) is 8.30. The molecule has 2 heterocycles. The van der Waals surface area contributed by atoms with Gasteiger partial charge >= 0.3 is 0 Å². The number of hydrogen-bond acceptors (Lipinski definition) is 6. The van der Waals surface area contributed by atoms with Gasteiger partial charge in [-0.3, -0.25) is 0 Å². The SMILES string of the molecule is CCCCC1N=C2C(C#N)=CN=C(SC)N2N1. The molecule has 0 amide bonds. The lowest BCUT2D eigenvalue weighted by Gasteiger charge is -2.23. The molecule has 2 aliphatic rings. The number of unbranched alkanes of at least 4 members (excludes halogenated alkanes) is 1. The molecule has 0 aromatic rings. The lowest BCUT2D eigenvalue weighted by Crippen LogP contribution is -2.45. The van der Waals surface area contributed by atoms with E-state index in [2.05, 4.69) is 28.4 Å². The van der Waals surface area contributed by atoms with Gasteiger partial charge in [-0.25, -0.2) is 20.4 Å². The first-order valence-corrected chi connectivity index (χ1v) is 6.89. The summed E-state index contributed by atoms with van der Waals surface area (Å²) in [6, 6.07) is 2.13. The third-order valence-corrected chi connectivity index (χ3v) is 3.29. The molecule has 2 aliphatic heterocycles.